The summed E-state index contributed by atoms with van der Waals surface area (Å²) in [5.41, 5.74) is 2.67. The summed E-state index contributed by atoms with van der Waals surface area (Å²) in [6.07, 6.45) is 0. The van der Waals surface area contributed by atoms with Gasteiger partial charge in [-0.1, -0.05) is 46.8 Å². The molecule has 1 atom stereocenters. The van der Waals surface area contributed by atoms with E-state index in [1.165, 1.54) is 28.8 Å². The number of fused-ring (bicyclic) bond motifs is 1. The molecule has 0 saturated heterocycles. The van der Waals surface area contributed by atoms with Crippen LogP contribution in [0.4, 0.5) is 10.2 Å². The molecule has 0 saturated carbocycles. The van der Waals surface area contributed by atoms with Crippen LogP contribution >= 0.6 is 11.8 Å². The molecule has 4 rings (SSSR count). The van der Waals surface area contributed by atoms with Crippen LogP contribution in [0.5, 0.6) is 5.75 Å². The molecule has 1 aromatic heterocycles. The van der Waals surface area contributed by atoms with Crippen LogP contribution in [0.2, 0.25) is 0 Å². The van der Waals surface area contributed by atoms with E-state index in [2.05, 4.69) is 26.1 Å². The van der Waals surface area contributed by atoms with E-state index < -0.39 is 5.41 Å². The van der Waals surface area contributed by atoms with E-state index in [-0.39, 0.29) is 41.1 Å². The van der Waals surface area contributed by atoms with Gasteiger partial charge in [0.05, 0.1) is 29.5 Å². The molecule has 7 nitrogen and oxygen atoms in total. The number of aromatic nitrogens is 2. The molecule has 0 fully saturated rings. The number of carbonyl (C=O) groups is 2. The second-order valence-electron chi connectivity index (χ2n) is 10.9. The van der Waals surface area contributed by atoms with Crippen molar-refractivity contribution in [3.05, 3.63) is 71.2 Å². The topological polar surface area (TPSA) is 76.5 Å². The molecule has 0 unspecified atom stereocenters. The van der Waals surface area contributed by atoms with E-state index in [0.717, 1.165) is 22.5 Å². The largest absolute Gasteiger partial charge is 0.497 e. The minimum Gasteiger partial charge on any atom is -0.497 e. The summed E-state index contributed by atoms with van der Waals surface area (Å²) >= 11 is 1.43. The van der Waals surface area contributed by atoms with Gasteiger partial charge in [0.15, 0.2) is 0 Å². The SMILES string of the molecule is COc1ccc(-n2nc(C(C)(C)C)c3c2N(CC(=O)NCC(C)C)C(=O)CS[C@@H]3c2cccc(F)c2)cc1. The number of ether oxygens (including phenoxy) is 1. The third-order valence-corrected chi connectivity index (χ3v) is 7.53. The summed E-state index contributed by atoms with van der Waals surface area (Å²) in [4.78, 5) is 28.2. The van der Waals surface area contributed by atoms with Gasteiger partial charge in [0, 0.05) is 17.5 Å². The average molecular weight is 539 g/mol. The average Bonchev–Trinajstić information content (AvgIpc) is 3.20. The molecule has 1 N–H and O–H groups in total. The minimum absolute atomic E-state index is 0.138. The molecular weight excluding hydrogens is 503 g/mol. The van der Waals surface area contributed by atoms with Gasteiger partial charge in [-0.3, -0.25) is 14.5 Å². The van der Waals surface area contributed by atoms with E-state index in [1.807, 2.05) is 44.2 Å². The molecule has 2 amide bonds. The van der Waals surface area contributed by atoms with Crippen molar-refractivity contribution in [1.29, 1.82) is 0 Å². The van der Waals surface area contributed by atoms with Gasteiger partial charge in [-0.15, -0.1) is 11.8 Å². The zero-order valence-electron chi connectivity index (χ0n) is 22.7. The molecular formula is C29H35FN4O3S. The molecule has 1 aliphatic heterocycles. The molecule has 0 radical (unpaired) electrons. The van der Waals surface area contributed by atoms with Crippen molar-refractivity contribution in [2.24, 2.45) is 5.92 Å². The number of methoxy groups -OCH3 is 1. The maximum absolute atomic E-state index is 14.4. The maximum Gasteiger partial charge on any atom is 0.240 e. The van der Waals surface area contributed by atoms with Crippen LogP contribution in [0.25, 0.3) is 5.69 Å². The number of anilines is 1. The molecule has 38 heavy (non-hydrogen) atoms. The molecule has 2 heterocycles. The van der Waals surface area contributed by atoms with Crippen LogP contribution in [0, 0.1) is 11.7 Å². The number of hydrogen-bond acceptors (Lipinski definition) is 5. The summed E-state index contributed by atoms with van der Waals surface area (Å²) in [5, 5.41) is 7.61. The molecule has 202 valence electrons. The predicted octanol–water partition coefficient (Wildman–Crippen LogP) is 5.26. The molecule has 2 aromatic carbocycles. The number of rotatable bonds is 7. The van der Waals surface area contributed by atoms with Crippen molar-refractivity contribution < 1.29 is 18.7 Å². The van der Waals surface area contributed by atoms with Crippen LogP contribution in [0.15, 0.2) is 48.5 Å². The van der Waals surface area contributed by atoms with Crippen LogP contribution in [-0.2, 0) is 15.0 Å². The number of amides is 2. The molecule has 0 spiro atoms. The Morgan fingerprint density at radius 3 is 2.53 bits per heavy atom. The fraction of sp³-hybridized carbons (Fsp3) is 0.414. The number of halogens is 1. The molecule has 0 aliphatic carbocycles. The quantitative estimate of drug-likeness (QED) is 0.444. The molecule has 1 aliphatic rings. The van der Waals surface area contributed by atoms with Crippen molar-refractivity contribution in [3.8, 4) is 11.4 Å². The number of hydrogen-bond donors (Lipinski definition) is 1. The van der Waals surface area contributed by atoms with Crippen LogP contribution < -0.4 is 15.0 Å². The Hall–Kier alpha value is -3.33. The molecule has 3 aromatic rings. The fourth-order valence-corrected chi connectivity index (χ4v) is 5.61. The second kappa shape index (κ2) is 11.2. The van der Waals surface area contributed by atoms with Crippen molar-refractivity contribution in [2.75, 3.05) is 30.9 Å². The Morgan fingerprint density at radius 1 is 1.21 bits per heavy atom. The summed E-state index contributed by atoms with van der Waals surface area (Å²) in [5.74, 6) is 0.849. The first-order valence-corrected chi connectivity index (χ1v) is 13.8. The van der Waals surface area contributed by atoms with E-state index in [1.54, 1.807) is 17.9 Å². The number of nitrogens with one attached hydrogen (secondary N) is 1. The van der Waals surface area contributed by atoms with Gasteiger partial charge in [-0.2, -0.15) is 5.10 Å². The van der Waals surface area contributed by atoms with Crippen molar-refractivity contribution in [1.82, 2.24) is 15.1 Å². The predicted molar refractivity (Wildman–Crippen MR) is 150 cm³/mol. The Balaban J connectivity index is 1.96. The van der Waals surface area contributed by atoms with Gasteiger partial charge in [0.1, 0.15) is 23.9 Å². The summed E-state index contributed by atoms with van der Waals surface area (Å²) in [6, 6.07) is 13.9. The summed E-state index contributed by atoms with van der Waals surface area (Å²) in [6.45, 7) is 10.6. The van der Waals surface area contributed by atoms with E-state index in [4.69, 9.17) is 9.84 Å². The zero-order chi connectivity index (χ0) is 27.6. The van der Waals surface area contributed by atoms with Gasteiger partial charge in [0.25, 0.3) is 0 Å². The van der Waals surface area contributed by atoms with Gasteiger partial charge < -0.3 is 10.1 Å². The van der Waals surface area contributed by atoms with E-state index in [9.17, 15) is 14.0 Å². The third kappa shape index (κ3) is 5.88. The first kappa shape index (κ1) is 27.7. The summed E-state index contributed by atoms with van der Waals surface area (Å²) < 4.78 is 21.5. The lowest BCUT2D eigenvalue weighted by Crippen LogP contribution is -2.43. The van der Waals surface area contributed by atoms with Gasteiger partial charge in [0.2, 0.25) is 11.8 Å². The van der Waals surface area contributed by atoms with Crippen molar-refractivity contribution >= 4 is 29.4 Å². The molecule has 0 bridgehead atoms. The van der Waals surface area contributed by atoms with Crippen LogP contribution in [0.1, 0.15) is 56.7 Å². The lowest BCUT2D eigenvalue weighted by atomic mass is 9.87. The lowest BCUT2D eigenvalue weighted by Gasteiger charge is -2.24. The standard InChI is InChI=1S/C29H35FN4O3S/c1-18(2)15-31-23(35)16-33-24(36)17-38-26(19-8-7-9-20(30)14-19)25-27(29(3,4)5)32-34(28(25)33)21-10-12-22(37-6)13-11-21/h7-14,18,26H,15-17H2,1-6H3,(H,31,35)/t26-/m1/s1. The maximum atomic E-state index is 14.4. The van der Waals surface area contributed by atoms with E-state index >= 15 is 0 Å². The first-order chi connectivity index (χ1) is 18.0. The number of carbonyl (C=O) groups excluding carboxylic acids is 2. The van der Waals surface area contributed by atoms with E-state index in [0.29, 0.717) is 18.1 Å². The highest BCUT2D eigenvalue weighted by Crippen LogP contribution is 2.48. The highest BCUT2D eigenvalue weighted by atomic mass is 32.2. The first-order valence-electron chi connectivity index (χ1n) is 12.7. The van der Waals surface area contributed by atoms with Gasteiger partial charge in [-0.05, 0) is 47.9 Å². The minimum atomic E-state index is -0.396. The summed E-state index contributed by atoms with van der Waals surface area (Å²) in [7, 11) is 1.60. The van der Waals surface area contributed by atoms with Crippen LogP contribution in [0.3, 0.4) is 0 Å². The highest BCUT2D eigenvalue weighted by Gasteiger charge is 2.40. The van der Waals surface area contributed by atoms with Crippen molar-refractivity contribution in [2.45, 2.75) is 45.3 Å². The smallest absolute Gasteiger partial charge is 0.240 e. The normalized spacial score (nSPS) is 15.8. The number of nitrogens with zero attached hydrogens (tertiary/aromatic N) is 3. The van der Waals surface area contributed by atoms with Gasteiger partial charge in [-0.25, -0.2) is 9.07 Å². The van der Waals surface area contributed by atoms with Crippen LogP contribution in [-0.4, -0.2) is 47.5 Å². The second-order valence-corrected chi connectivity index (χ2v) is 12.0. The highest BCUT2D eigenvalue weighted by molar-refractivity contribution is 8.00. The van der Waals surface area contributed by atoms with Crippen molar-refractivity contribution in [3.63, 3.8) is 0 Å². The third-order valence-electron chi connectivity index (χ3n) is 6.28. The Labute approximate surface area is 227 Å². The van der Waals surface area contributed by atoms with Gasteiger partial charge >= 0.3 is 0 Å². The fourth-order valence-electron chi connectivity index (χ4n) is 4.43. The Morgan fingerprint density at radius 2 is 1.92 bits per heavy atom. The monoisotopic (exact) mass is 538 g/mol. The Kier molecular flexibility index (Phi) is 8.16. The number of thioether (sulfide) groups is 1. The Bertz CT molecular complexity index is 1310. The zero-order valence-corrected chi connectivity index (χ0v) is 23.6. The lowest BCUT2D eigenvalue weighted by molar-refractivity contribution is -0.123. The molecule has 9 heteroatoms. The number of benzene rings is 2.